The third kappa shape index (κ3) is 3.17. The predicted octanol–water partition coefficient (Wildman–Crippen LogP) is 3.52. The second-order valence-corrected chi connectivity index (χ2v) is 6.09. The van der Waals surface area contributed by atoms with E-state index in [4.69, 9.17) is 4.74 Å². The number of aromatic amines is 1. The van der Waals surface area contributed by atoms with Gasteiger partial charge in [-0.3, -0.25) is 4.79 Å². The molecule has 1 heterocycles. The highest BCUT2D eigenvalue weighted by Crippen LogP contribution is 2.29. The zero-order valence-electron chi connectivity index (χ0n) is 12.8. The molecule has 1 N–H and O–H groups in total. The Morgan fingerprint density at radius 3 is 2.65 bits per heavy atom. The van der Waals surface area contributed by atoms with Gasteiger partial charge in [0.05, 0.1) is 17.5 Å². The monoisotopic (exact) mass is 306 g/mol. The second kappa shape index (κ2) is 5.97. The fourth-order valence-electron chi connectivity index (χ4n) is 2.61. The second-order valence-electron chi connectivity index (χ2n) is 6.09. The fraction of sp³-hybridized carbons (Fsp3) is 0.263. The number of para-hydroxylation sites is 1. The zero-order valence-corrected chi connectivity index (χ0v) is 12.8. The number of rotatable bonds is 5. The third-order valence-electron chi connectivity index (χ3n) is 4.16. The molecule has 0 spiro atoms. The summed E-state index contributed by atoms with van der Waals surface area (Å²) in [7, 11) is 0. The summed E-state index contributed by atoms with van der Waals surface area (Å²) >= 11 is 0. The van der Waals surface area contributed by atoms with Crippen LogP contribution in [0, 0.1) is 5.92 Å². The molecule has 4 nitrogen and oxygen atoms in total. The van der Waals surface area contributed by atoms with Gasteiger partial charge in [-0.2, -0.15) is 0 Å². The van der Waals surface area contributed by atoms with Crippen LogP contribution in [0.1, 0.15) is 18.4 Å². The Balaban J connectivity index is 1.56. The molecule has 4 heteroatoms. The Morgan fingerprint density at radius 1 is 1.09 bits per heavy atom. The highest BCUT2D eigenvalue weighted by molar-refractivity contribution is 5.79. The van der Waals surface area contributed by atoms with Gasteiger partial charge in [-0.1, -0.05) is 36.4 Å². The van der Waals surface area contributed by atoms with Crippen LogP contribution in [0.25, 0.3) is 22.3 Å². The SMILES string of the molecule is O=c1[nH]c(-c2ccc(COCC3CC3)cc2)nc2ccccc12. The lowest BCUT2D eigenvalue weighted by Gasteiger charge is -2.06. The van der Waals surface area contributed by atoms with Gasteiger partial charge in [0.2, 0.25) is 0 Å². The molecule has 1 saturated carbocycles. The van der Waals surface area contributed by atoms with Crippen LogP contribution in [0.3, 0.4) is 0 Å². The minimum absolute atomic E-state index is 0.109. The summed E-state index contributed by atoms with van der Waals surface area (Å²) in [5, 5.41) is 0.612. The third-order valence-corrected chi connectivity index (χ3v) is 4.16. The molecular weight excluding hydrogens is 288 g/mol. The first-order chi connectivity index (χ1) is 11.3. The Kier molecular flexibility index (Phi) is 3.67. The maximum Gasteiger partial charge on any atom is 0.259 e. The van der Waals surface area contributed by atoms with Crippen molar-refractivity contribution >= 4 is 10.9 Å². The van der Waals surface area contributed by atoms with Gasteiger partial charge in [0.25, 0.3) is 5.56 Å². The van der Waals surface area contributed by atoms with Crippen LogP contribution in [0.4, 0.5) is 0 Å². The molecule has 1 aromatic heterocycles. The van der Waals surface area contributed by atoms with Crippen molar-refractivity contribution in [1.82, 2.24) is 9.97 Å². The molecular formula is C19H18N2O2. The fourth-order valence-corrected chi connectivity index (χ4v) is 2.61. The molecule has 0 radical (unpaired) electrons. The largest absolute Gasteiger partial charge is 0.376 e. The number of ether oxygens (including phenoxy) is 1. The molecule has 0 atom stereocenters. The normalized spacial score (nSPS) is 14.3. The van der Waals surface area contributed by atoms with Crippen molar-refractivity contribution in [1.29, 1.82) is 0 Å². The predicted molar refractivity (Wildman–Crippen MR) is 90.2 cm³/mol. The number of nitrogens with zero attached hydrogens (tertiary/aromatic N) is 1. The minimum atomic E-state index is -0.109. The number of hydrogen-bond donors (Lipinski definition) is 1. The van der Waals surface area contributed by atoms with Gasteiger partial charge in [0.15, 0.2) is 0 Å². The van der Waals surface area contributed by atoms with Crippen molar-refractivity contribution in [3.8, 4) is 11.4 Å². The molecule has 3 aromatic rings. The molecule has 0 saturated heterocycles. The van der Waals surface area contributed by atoms with E-state index in [2.05, 4.69) is 9.97 Å². The van der Waals surface area contributed by atoms with Crippen LogP contribution < -0.4 is 5.56 Å². The summed E-state index contributed by atoms with van der Waals surface area (Å²) in [5.74, 6) is 1.38. The average Bonchev–Trinajstić information content (AvgIpc) is 3.40. The lowest BCUT2D eigenvalue weighted by Crippen LogP contribution is -2.09. The lowest BCUT2D eigenvalue weighted by molar-refractivity contribution is 0.111. The molecule has 2 aromatic carbocycles. The maximum atomic E-state index is 12.1. The summed E-state index contributed by atoms with van der Waals surface area (Å²) in [6.07, 6.45) is 2.61. The molecule has 0 amide bonds. The number of benzene rings is 2. The summed E-state index contributed by atoms with van der Waals surface area (Å²) in [4.78, 5) is 19.5. The number of nitrogens with one attached hydrogen (secondary N) is 1. The topological polar surface area (TPSA) is 55.0 Å². The Hall–Kier alpha value is -2.46. The van der Waals surface area contributed by atoms with Crippen molar-refractivity contribution in [3.05, 3.63) is 64.4 Å². The average molecular weight is 306 g/mol. The minimum Gasteiger partial charge on any atom is -0.376 e. The van der Waals surface area contributed by atoms with E-state index in [0.717, 1.165) is 23.7 Å². The van der Waals surface area contributed by atoms with Crippen molar-refractivity contribution in [3.63, 3.8) is 0 Å². The zero-order chi connectivity index (χ0) is 15.6. The highest BCUT2D eigenvalue weighted by Gasteiger charge is 2.20. The van der Waals surface area contributed by atoms with Crippen LogP contribution in [-0.4, -0.2) is 16.6 Å². The molecule has 1 fully saturated rings. The first-order valence-electron chi connectivity index (χ1n) is 7.96. The van der Waals surface area contributed by atoms with Gasteiger partial charge in [-0.25, -0.2) is 4.98 Å². The van der Waals surface area contributed by atoms with E-state index in [9.17, 15) is 4.79 Å². The Morgan fingerprint density at radius 2 is 1.87 bits per heavy atom. The van der Waals surface area contributed by atoms with E-state index >= 15 is 0 Å². The highest BCUT2D eigenvalue weighted by atomic mass is 16.5. The van der Waals surface area contributed by atoms with Gasteiger partial charge in [-0.05, 0) is 36.5 Å². The van der Waals surface area contributed by atoms with E-state index in [1.807, 2.05) is 42.5 Å². The molecule has 1 aliphatic rings. The van der Waals surface area contributed by atoms with Crippen molar-refractivity contribution in [2.75, 3.05) is 6.61 Å². The number of aromatic nitrogens is 2. The van der Waals surface area contributed by atoms with Crippen LogP contribution in [0.15, 0.2) is 53.3 Å². The summed E-state index contributed by atoms with van der Waals surface area (Å²) < 4.78 is 5.69. The molecule has 0 bridgehead atoms. The van der Waals surface area contributed by atoms with Crippen LogP contribution in [0.5, 0.6) is 0 Å². The van der Waals surface area contributed by atoms with E-state index in [-0.39, 0.29) is 5.56 Å². The summed E-state index contributed by atoms with van der Waals surface area (Å²) in [6.45, 7) is 1.50. The first-order valence-corrected chi connectivity index (χ1v) is 7.96. The van der Waals surface area contributed by atoms with Gasteiger partial charge in [0, 0.05) is 12.2 Å². The maximum absolute atomic E-state index is 12.1. The Labute approximate surface area is 134 Å². The number of hydrogen-bond acceptors (Lipinski definition) is 3. The smallest absolute Gasteiger partial charge is 0.259 e. The van der Waals surface area contributed by atoms with Crippen molar-refractivity contribution < 1.29 is 4.74 Å². The Bertz CT molecular complexity index is 880. The van der Waals surface area contributed by atoms with E-state index in [1.165, 1.54) is 12.8 Å². The van der Waals surface area contributed by atoms with E-state index in [0.29, 0.717) is 23.3 Å². The first kappa shape index (κ1) is 14.2. The molecule has 0 aliphatic heterocycles. The molecule has 4 rings (SSSR count). The van der Waals surface area contributed by atoms with Crippen LogP contribution in [-0.2, 0) is 11.3 Å². The molecule has 1 aliphatic carbocycles. The van der Waals surface area contributed by atoms with Crippen LogP contribution in [0.2, 0.25) is 0 Å². The number of H-pyrrole nitrogens is 1. The molecule has 23 heavy (non-hydrogen) atoms. The molecule has 116 valence electrons. The van der Waals surface area contributed by atoms with Gasteiger partial charge >= 0.3 is 0 Å². The quantitative estimate of drug-likeness (QED) is 0.784. The number of fused-ring (bicyclic) bond motifs is 1. The summed E-state index contributed by atoms with van der Waals surface area (Å²) in [6, 6.07) is 15.4. The summed E-state index contributed by atoms with van der Waals surface area (Å²) in [5.41, 5.74) is 2.64. The lowest BCUT2D eigenvalue weighted by atomic mass is 10.1. The van der Waals surface area contributed by atoms with Gasteiger partial charge in [-0.15, -0.1) is 0 Å². The van der Waals surface area contributed by atoms with E-state index < -0.39 is 0 Å². The van der Waals surface area contributed by atoms with Crippen LogP contribution >= 0.6 is 0 Å². The van der Waals surface area contributed by atoms with Gasteiger partial charge in [0.1, 0.15) is 5.82 Å². The van der Waals surface area contributed by atoms with Gasteiger partial charge < -0.3 is 9.72 Å². The van der Waals surface area contributed by atoms with Crippen molar-refractivity contribution in [2.24, 2.45) is 5.92 Å². The standard InChI is InChI=1S/C19H18N2O2/c22-19-16-3-1-2-4-17(16)20-18(21-19)15-9-7-14(8-10-15)12-23-11-13-5-6-13/h1-4,7-10,13H,5-6,11-12H2,(H,20,21,22). The van der Waals surface area contributed by atoms with E-state index in [1.54, 1.807) is 6.07 Å². The van der Waals surface area contributed by atoms with Crippen molar-refractivity contribution in [2.45, 2.75) is 19.4 Å². The molecule has 0 unspecified atom stereocenters.